The first-order valence-electron chi connectivity index (χ1n) is 8.79. The molecule has 0 radical (unpaired) electrons. The van der Waals surface area contributed by atoms with Crippen molar-refractivity contribution in [3.63, 3.8) is 0 Å². The minimum absolute atomic E-state index is 0.0886. The Morgan fingerprint density at radius 2 is 1.81 bits per heavy atom. The zero-order chi connectivity index (χ0) is 19.2. The van der Waals surface area contributed by atoms with E-state index in [0.717, 1.165) is 5.56 Å². The average Bonchev–Trinajstić information content (AvgIpc) is 2.70. The number of aromatic nitrogens is 3. The maximum absolute atomic E-state index is 12.5. The van der Waals surface area contributed by atoms with Crippen LogP contribution in [0.1, 0.15) is 27.5 Å². The number of aryl methyl sites for hydroxylation is 1. The number of nitrogens with zero attached hydrogens (tertiary/aromatic N) is 4. The second kappa shape index (κ2) is 8.51. The molecule has 2 heterocycles. The van der Waals surface area contributed by atoms with Crippen molar-refractivity contribution in [2.45, 2.75) is 13.0 Å². The van der Waals surface area contributed by atoms with Gasteiger partial charge in [-0.05, 0) is 44.3 Å². The predicted molar refractivity (Wildman–Crippen MR) is 105 cm³/mol. The van der Waals surface area contributed by atoms with E-state index >= 15 is 0 Å². The molecule has 0 aliphatic heterocycles. The largest absolute Gasteiger partial charge is 0.350 e. The molecule has 2 aromatic heterocycles. The lowest BCUT2D eigenvalue weighted by molar-refractivity contribution is 0.0941. The minimum atomic E-state index is -0.187. The van der Waals surface area contributed by atoms with E-state index in [9.17, 15) is 4.79 Å². The van der Waals surface area contributed by atoms with E-state index in [-0.39, 0.29) is 11.9 Å². The second-order valence-corrected chi connectivity index (χ2v) is 6.58. The van der Waals surface area contributed by atoms with Crippen LogP contribution in [0.15, 0.2) is 61.2 Å². The van der Waals surface area contributed by atoms with Crippen LogP contribution in [0, 0.1) is 6.92 Å². The van der Waals surface area contributed by atoms with Crippen molar-refractivity contribution in [2.75, 3.05) is 20.6 Å². The highest BCUT2D eigenvalue weighted by atomic mass is 16.1. The zero-order valence-corrected chi connectivity index (χ0v) is 15.8. The van der Waals surface area contributed by atoms with Gasteiger partial charge >= 0.3 is 0 Å². The van der Waals surface area contributed by atoms with Gasteiger partial charge in [0.05, 0.1) is 11.6 Å². The summed E-state index contributed by atoms with van der Waals surface area (Å²) in [5, 5.41) is 2.99. The first-order valence-corrected chi connectivity index (χ1v) is 8.79. The number of amides is 1. The van der Waals surface area contributed by atoms with Crippen molar-refractivity contribution < 1.29 is 4.79 Å². The molecule has 6 heteroatoms. The van der Waals surface area contributed by atoms with E-state index in [1.165, 1.54) is 11.1 Å². The van der Waals surface area contributed by atoms with Crippen LogP contribution in [0.2, 0.25) is 0 Å². The summed E-state index contributed by atoms with van der Waals surface area (Å²) in [7, 11) is 4.02. The molecule has 0 bridgehead atoms. The molecule has 3 rings (SSSR count). The topological polar surface area (TPSA) is 71.0 Å². The number of likely N-dealkylation sites (N-methyl/N-ethyl adjacent to an activating group) is 1. The van der Waals surface area contributed by atoms with Gasteiger partial charge in [-0.2, -0.15) is 0 Å². The third kappa shape index (κ3) is 4.54. The molecule has 1 N–H and O–H groups in total. The van der Waals surface area contributed by atoms with Crippen molar-refractivity contribution >= 4 is 5.91 Å². The van der Waals surface area contributed by atoms with Crippen LogP contribution in [0.4, 0.5) is 0 Å². The Morgan fingerprint density at radius 3 is 2.44 bits per heavy atom. The quantitative estimate of drug-likeness (QED) is 0.731. The van der Waals surface area contributed by atoms with Crippen LogP contribution in [0.3, 0.4) is 0 Å². The van der Waals surface area contributed by atoms with E-state index in [1.54, 1.807) is 24.8 Å². The van der Waals surface area contributed by atoms with Gasteiger partial charge in [0.15, 0.2) is 5.82 Å². The number of pyridine rings is 1. The molecule has 6 nitrogen and oxygen atoms in total. The Morgan fingerprint density at radius 1 is 1.07 bits per heavy atom. The average molecular weight is 361 g/mol. The molecule has 0 aliphatic rings. The van der Waals surface area contributed by atoms with E-state index in [4.69, 9.17) is 0 Å². The van der Waals surface area contributed by atoms with Crippen LogP contribution < -0.4 is 5.32 Å². The predicted octanol–water partition coefficient (Wildman–Crippen LogP) is 2.88. The zero-order valence-electron chi connectivity index (χ0n) is 15.8. The van der Waals surface area contributed by atoms with Crippen molar-refractivity contribution in [1.82, 2.24) is 25.2 Å². The SMILES string of the molecule is Cc1ccccc1C(CNC(=O)c1cnc(-c2cccnc2)nc1)N(C)C. The Kier molecular flexibility index (Phi) is 5.88. The van der Waals surface area contributed by atoms with Crippen molar-refractivity contribution in [1.29, 1.82) is 0 Å². The molecule has 1 atom stereocenters. The first-order chi connectivity index (χ1) is 13.1. The fraction of sp³-hybridized carbons (Fsp3) is 0.238. The monoisotopic (exact) mass is 361 g/mol. The Hall–Kier alpha value is -3.12. The fourth-order valence-electron chi connectivity index (χ4n) is 2.91. The summed E-state index contributed by atoms with van der Waals surface area (Å²) < 4.78 is 0. The molecule has 3 aromatic rings. The molecule has 1 amide bonds. The fourth-order valence-corrected chi connectivity index (χ4v) is 2.91. The van der Waals surface area contributed by atoms with Gasteiger partial charge in [-0.1, -0.05) is 24.3 Å². The minimum Gasteiger partial charge on any atom is -0.350 e. The summed E-state index contributed by atoms with van der Waals surface area (Å²) in [4.78, 5) is 27.2. The number of rotatable bonds is 6. The number of carbonyl (C=O) groups excluding carboxylic acids is 1. The normalized spacial score (nSPS) is 12.0. The standard InChI is InChI=1S/C21H23N5O/c1-15-7-4-5-9-18(15)19(26(2)3)14-25-21(27)17-12-23-20(24-13-17)16-8-6-10-22-11-16/h4-13,19H,14H2,1-3H3,(H,25,27). The molecule has 138 valence electrons. The molecular formula is C21H23N5O. The Balaban J connectivity index is 1.68. The first kappa shape index (κ1) is 18.7. The van der Waals surface area contributed by atoms with Crippen LogP contribution >= 0.6 is 0 Å². The highest BCUT2D eigenvalue weighted by Crippen LogP contribution is 2.21. The number of hydrogen-bond acceptors (Lipinski definition) is 5. The van der Waals surface area contributed by atoms with Crippen molar-refractivity contribution in [2.24, 2.45) is 0 Å². The molecule has 0 spiro atoms. The maximum Gasteiger partial charge on any atom is 0.254 e. The molecule has 1 aromatic carbocycles. The highest BCUT2D eigenvalue weighted by molar-refractivity contribution is 5.93. The molecule has 0 fully saturated rings. The summed E-state index contributed by atoms with van der Waals surface area (Å²) in [6.45, 7) is 2.58. The molecular weight excluding hydrogens is 338 g/mol. The Bertz CT molecular complexity index is 894. The summed E-state index contributed by atoms with van der Waals surface area (Å²) in [5.74, 6) is 0.360. The highest BCUT2D eigenvalue weighted by Gasteiger charge is 2.17. The third-order valence-electron chi connectivity index (χ3n) is 4.46. The Labute approximate surface area is 159 Å². The number of hydrogen-bond donors (Lipinski definition) is 1. The number of benzene rings is 1. The van der Waals surface area contributed by atoms with Crippen molar-refractivity contribution in [3.8, 4) is 11.4 Å². The molecule has 0 saturated heterocycles. The van der Waals surface area contributed by atoms with Gasteiger partial charge in [-0.25, -0.2) is 9.97 Å². The number of nitrogens with one attached hydrogen (secondary N) is 1. The van der Waals surface area contributed by atoms with E-state index < -0.39 is 0 Å². The maximum atomic E-state index is 12.5. The lowest BCUT2D eigenvalue weighted by Crippen LogP contribution is -2.35. The molecule has 0 saturated carbocycles. The lowest BCUT2D eigenvalue weighted by atomic mass is 10.0. The van der Waals surface area contributed by atoms with E-state index in [0.29, 0.717) is 17.9 Å². The summed E-state index contributed by atoms with van der Waals surface area (Å²) >= 11 is 0. The van der Waals surface area contributed by atoms with Gasteiger partial charge in [0.25, 0.3) is 5.91 Å². The third-order valence-corrected chi connectivity index (χ3v) is 4.46. The number of carbonyl (C=O) groups is 1. The van der Waals surface area contributed by atoms with Gasteiger partial charge in [0.1, 0.15) is 0 Å². The van der Waals surface area contributed by atoms with E-state index in [1.807, 2.05) is 38.4 Å². The van der Waals surface area contributed by atoms with E-state index in [2.05, 4.69) is 44.2 Å². The van der Waals surface area contributed by atoms with Gasteiger partial charge in [0, 0.05) is 36.9 Å². The lowest BCUT2D eigenvalue weighted by Gasteiger charge is -2.26. The van der Waals surface area contributed by atoms with Gasteiger partial charge in [0.2, 0.25) is 0 Å². The van der Waals surface area contributed by atoms with Crippen LogP contribution in [-0.2, 0) is 0 Å². The van der Waals surface area contributed by atoms with Crippen LogP contribution in [0.5, 0.6) is 0 Å². The van der Waals surface area contributed by atoms with Crippen LogP contribution in [0.25, 0.3) is 11.4 Å². The molecule has 1 unspecified atom stereocenters. The second-order valence-electron chi connectivity index (χ2n) is 6.58. The van der Waals surface area contributed by atoms with Gasteiger partial charge in [-0.3, -0.25) is 9.78 Å². The molecule has 27 heavy (non-hydrogen) atoms. The smallest absolute Gasteiger partial charge is 0.254 e. The van der Waals surface area contributed by atoms with Gasteiger partial charge in [-0.15, -0.1) is 0 Å². The summed E-state index contributed by atoms with van der Waals surface area (Å²) in [6.07, 6.45) is 6.48. The van der Waals surface area contributed by atoms with Crippen LogP contribution in [-0.4, -0.2) is 46.4 Å². The summed E-state index contributed by atoms with van der Waals surface area (Å²) in [6, 6.07) is 12.0. The van der Waals surface area contributed by atoms with Gasteiger partial charge < -0.3 is 10.2 Å². The summed E-state index contributed by atoms with van der Waals surface area (Å²) in [5.41, 5.74) is 3.65. The van der Waals surface area contributed by atoms with Crippen molar-refractivity contribution in [3.05, 3.63) is 77.9 Å². The molecule has 0 aliphatic carbocycles.